The zero-order chi connectivity index (χ0) is 12.2. The molecule has 0 aromatic heterocycles. The molecule has 0 aliphatic rings. The minimum atomic E-state index is -1.30. The maximum atomic E-state index is 10.9. The molecule has 5 heteroatoms. The fraction of sp³-hybridized carbons (Fsp3) is 0.364. The van der Waals surface area contributed by atoms with Crippen molar-refractivity contribution in [1.82, 2.24) is 5.32 Å². The van der Waals surface area contributed by atoms with E-state index in [4.69, 9.17) is 10.2 Å². The normalized spacial score (nSPS) is 14.4. The minimum absolute atomic E-state index is 0.392. The van der Waals surface area contributed by atoms with E-state index in [2.05, 4.69) is 21.2 Å². The Morgan fingerprint density at radius 1 is 1.56 bits per heavy atom. The van der Waals surface area contributed by atoms with Crippen LogP contribution in [0, 0.1) is 0 Å². The van der Waals surface area contributed by atoms with Crippen molar-refractivity contribution in [1.29, 1.82) is 0 Å². The molecule has 1 unspecified atom stereocenters. The van der Waals surface area contributed by atoms with Crippen LogP contribution in [0.15, 0.2) is 28.7 Å². The lowest BCUT2D eigenvalue weighted by Gasteiger charge is -2.23. The van der Waals surface area contributed by atoms with Crippen molar-refractivity contribution in [2.45, 2.75) is 19.0 Å². The topological polar surface area (TPSA) is 69.6 Å². The van der Waals surface area contributed by atoms with E-state index < -0.39 is 18.1 Å². The van der Waals surface area contributed by atoms with Crippen LogP contribution in [0.4, 0.5) is 0 Å². The molecule has 1 aromatic carbocycles. The van der Waals surface area contributed by atoms with Crippen molar-refractivity contribution in [2.75, 3.05) is 6.61 Å². The molecule has 3 N–H and O–H groups in total. The zero-order valence-electron chi connectivity index (χ0n) is 8.90. The number of hydrogen-bond acceptors (Lipinski definition) is 3. The van der Waals surface area contributed by atoms with Gasteiger partial charge in [0.25, 0.3) is 0 Å². The van der Waals surface area contributed by atoms with E-state index >= 15 is 0 Å². The van der Waals surface area contributed by atoms with Crippen LogP contribution in [0.2, 0.25) is 0 Å². The number of hydrogen-bond donors (Lipinski definition) is 3. The minimum Gasteiger partial charge on any atom is -0.480 e. The van der Waals surface area contributed by atoms with Crippen LogP contribution in [0.3, 0.4) is 0 Å². The number of rotatable bonds is 5. The van der Waals surface area contributed by atoms with E-state index in [1.165, 1.54) is 6.92 Å². The van der Waals surface area contributed by atoms with Crippen LogP contribution >= 0.6 is 15.9 Å². The second kappa shape index (κ2) is 5.43. The molecule has 0 saturated heterocycles. The van der Waals surface area contributed by atoms with Crippen molar-refractivity contribution in [3.63, 3.8) is 0 Å². The highest BCUT2D eigenvalue weighted by Crippen LogP contribution is 2.12. The summed E-state index contributed by atoms with van der Waals surface area (Å²) in [6.07, 6.45) is 0. The van der Waals surface area contributed by atoms with Crippen LogP contribution in [-0.2, 0) is 11.3 Å². The Morgan fingerprint density at radius 3 is 2.75 bits per heavy atom. The van der Waals surface area contributed by atoms with Gasteiger partial charge in [-0.1, -0.05) is 28.1 Å². The van der Waals surface area contributed by atoms with E-state index in [0.29, 0.717) is 6.54 Å². The van der Waals surface area contributed by atoms with Gasteiger partial charge in [-0.2, -0.15) is 0 Å². The summed E-state index contributed by atoms with van der Waals surface area (Å²) in [4.78, 5) is 10.9. The molecule has 1 atom stereocenters. The molecule has 0 aliphatic heterocycles. The first kappa shape index (κ1) is 13.2. The van der Waals surface area contributed by atoms with E-state index in [0.717, 1.165) is 10.0 Å². The summed E-state index contributed by atoms with van der Waals surface area (Å²) in [6.45, 7) is 1.40. The number of nitrogens with one attached hydrogen (secondary N) is 1. The second-order valence-corrected chi connectivity index (χ2v) is 4.69. The summed E-state index contributed by atoms with van der Waals surface area (Å²) in [5.41, 5.74) is -0.349. The summed E-state index contributed by atoms with van der Waals surface area (Å²) in [7, 11) is 0. The number of carboxylic acids is 1. The number of aliphatic hydroxyl groups excluding tert-OH is 1. The predicted octanol–water partition coefficient (Wildman–Crippen LogP) is 1.37. The van der Waals surface area contributed by atoms with E-state index in [1.54, 1.807) is 0 Å². The van der Waals surface area contributed by atoms with Gasteiger partial charge in [0.15, 0.2) is 0 Å². The molecule has 0 aliphatic carbocycles. The number of aliphatic hydroxyl groups is 1. The van der Waals surface area contributed by atoms with E-state index in [9.17, 15) is 4.79 Å². The lowest BCUT2D eigenvalue weighted by atomic mass is 10.0. The summed E-state index contributed by atoms with van der Waals surface area (Å²) < 4.78 is 0.938. The molecule has 16 heavy (non-hydrogen) atoms. The first-order valence-electron chi connectivity index (χ1n) is 4.81. The van der Waals surface area contributed by atoms with Gasteiger partial charge < -0.3 is 10.2 Å². The Kier molecular flexibility index (Phi) is 4.46. The zero-order valence-corrected chi connectivity index (χ0v) is 10.5. The van der Waals surface area contributed by atoms with Gasteiger partial charge >= 0.3 is 5.97 Å². The Bertz CT molecular complexity index is 383. The number of carboxylic acid groups (broad SMARTS) is 1. The average Bonchev–Trinajstić information content (AvgIpc) is 2.26. The van der Waals surface area contributed by atoms with E-state index in [-0.39, 0.29) is 0 Å². The smallest absolute Gasteiger partial charge is 0.326 e. The Balaban J connectivity index is 2.66. The highest BCUT2D eigenvalue weighted by molar-refractivity contribution is 9.10. The van der Waals surface area contributed by atoms with Crippen LogP contribution in [0.1, 0.15) is 12.5 Å². The van der Waals surface area contributed by atoms with Crippen LogP contribution < -0.4 is 5.32 Å². The predicted molar refractivity (Wildman–Crippen MR) is 64.1 cm³/mol. The largest absolute Gasteiger partial charge is 0.480 e. The van der Waals surface area contributed by atoms with Crippen LogP contribution in [-0.4, -0.2) is 28.3 Å². The van der Waals surface area contributed by atoms with Gasteiger partial charge in [0.05, 0.1) is 6.61 Å². The molecule has 0 spiro atoms. The molecule has 88 valence electrons. The van der Waals surface area contributed by atoms with Gasteiger partial charge in [0.2, 0.25) is 0 Å². The van der Waals surface area contributed by atoms with Crippen molar-refractivity contribution in [3.05, 3.63) is 34.3 Å². The molecular formula is C11H14BrNO3. The van der Waals surface area contributed by atoms with Gasteiger partial charge in [0.1, 0.15) is 5.54 Å². The van der Waals surface area contributed by atoms with Gasteiger partial charge in [0, 0.05) is 11.0 Å². The van der Waals surface area contributed by atoms with Crippen LogP contribution in [0.25, 0.3) is 0 Å². The highest BCUT2D eigenvalue weighted by atomic mass is 79.9. The quantitative estimate of drug-likeness (QED) is 0.765. The number of carbonyl (C=O) groups is 1. The van der Waals surface area contributed by atoms with Crippen molar-refractivity contribution in [3.8, 4) is 0 Å². The highest BCUT2D eigenvalue weighted by Gasteiger charge is 2.31. The summed E-state index contributed by atoms with van der Waals surface area (Å²) >= 11 is 3.34. The third-order valence-electron chi connectivity index (χ3n) is 2.36. The molecule has 0 bridgehead atoms. The fourth-order valence-corrected chi connectivity index (χ4v) is 1.59. The molecule has 0 radical (unpaired) electrons. The molecule has 0 saturated carbocycles. The third kappa shape index (κ3) is 3.30. The fourth-order valence-electron chi connectivity index (χ4n) is 1.14. The van der Waals surface area contributed by atoms with Gasteiger partial charge in [-0.05, 0) is 24.6 Å². The summed E-state index contributed by atoms with van der Waals surface area (Å²) in [5.74, 6) is -1.06. The first-order valence-corrected chi connectivity index (χ1v) is 5.61. The number of aliphatic carboxylic acids is 1. The molecular weight excluding hydrogens is 274 g/mol. The molecule has 0 amide bonds. The second-order valence-electron chi connectivity index (χ2n) is 3.78. The van der Waals surface area contributed by atoms with Gasteiger partial charge in [-0.3, -0.25) is 10.1 Å². The van der Waals surface area contributed by atoms with Crippen LogP contribution in [0.5, 0.6) is 0 Å². The Hall–Kier alpha value is -0.910. The van der Waals surface area contributed by atoms with E-state index in [1.807, 2.05) is 24.3 Å². The number of halogens is 1. The maximum Gasteiger partial charge on any atom is 0.326 e. The Morgan fingerprint density at radius 2 is 2.25 bits per heavy atom. The molecule has 0 fully saturated rings. The maximum absolute atomic E-state index is 10.9. The van der Waals surface area contributed by atoms with Gasteiger partial charge in [-0.25, -0.2) is 0 Å². The third-order valence-corrected chi connectivity index (χ3v) is 2.85. The van der Waals surface area contributed by atoms with Gasteiger partial charge in [-0.15, -0.1) is 0 Å². The summed E-state index contributed by atoms with van der Waals surface area (Å²) in [5, 5.41) is 20.8. The van der Waals surface area contributed by atoms with Crippen molar-refractivity contribution in [2.24, 2.45) is 0 Å². The van der Waals surface area contributed by atoms with Crippen molar-refractivity contribution < 1.29 is 15.0 Å². The first-order chi connectivity index (χ1) is 7.48. The Labute approximate surface area is 102 Å². The molecule has 1 aromatic rings. The molecule has 4 nitrogen and oxygen atoms in total. The monoisotopic (exact) mass is 287 g/mol. The average molecular weight is 288 g/mol. The molecule has 0 heterocycles. The summed E-state index contributed by atoms with van der Waals surface area (Å²) in [6, 6.07) is 7.55. The standard InChI is InChI=1S/C11H14BrNO3/c1-11(7-14,10(15)16)13-6-8-3-2-4-9(12)5-8/h2-5,13-14H,6-7H2,1H3,(H,15,16). The molecule has 1 rings (SSSR count). The lowest BCUT2D eigenvalue weighted by Crippen LogP contribution is -2.52. The number of benzene rings is 1. The van der Waals surface area contributed by atoms with Crippen molar-refractivity contribution >= 4 is 21.9 Å². The lowest BCUT2D eigenvalue weighted by molar-refractivity contribution is -0.145. The SMILES string of the molecule is CC(CO)(NCc1cccc(Br)c1)C(=O)O.